The molecule has 1 atom stereocenters. The predicted molar refractivity (Wildman–Crippen MR) is 84.3 cm³/mol. The van der Waals surface area contributed by atoms with Crippen molar-refractivity contribution in [2.24, 2.45) is 5.92 Å². The highest BCUT2D eigenvalue weighted by atomic mass is 35.5. The van der Waals surface area contributed by atoms with Gasteiger partial charge in [-0.3, -0.25) is 9.59 Å². The van der Waals surface area contributed by atoms with E-state index in [0.29, 0.717) is 10.8 Å². The highest BCUT2D eigenvalue weighted by Crippen LogP contribution is 2.31. The maximum atomic E-state index is 11.7. The molecule has 0 fully saturated rings. The third-order valence-corrected chi connectivity index (χ3v) is 3.55. The lowest BCUT2D eigenvalue weighted by molar-refractivity contribution is -0.141. The monoisotopic (exact) mass is 321 g/mol. The Bertz CT molecular complexity index is 702. The molecule has 2 N–H and O–H groups in total. The molecule has 22 heavy (non-hydrogen) atoms. The van der Waals surface area contributed by atoms with Gasteiger partial charge >= 0.3 is 5.97 Å². The second kappa shape index (κ2) is 7.13. The van der Waals surface area contributed by atoms with Crippen LogP contribution in [-0.4, -0.2) is 30.1 Å². The fraction of sp³-hybridized carbons (Fsp3) is 0.250. The van der Waals surface area contributed by atoms with Crippen molar-refractivity contribution in [3.8, 4) is 5.75 Å². The number of hydrogen-bond acceptors (Lipinski definition) is 3. The molecule has 2 rings (SSSR count). The van der Waals surface area contributed by atoms with Crippen molar-refractivity contribution < 1.29 is 19.4 Å². The van der Waals surface area contributed by atoms with Crippen molar-refractivity contribution in [2.45, 2.75) is 6.92 Å². The highest BCUT2D eigenvalue weighted by Gasteiger charge is 2.13. The summed E-state index contributed by atoms with van der Waals surface area (Å²) in [6, 6.07) is 10.9. The number of carbonyl (C=O) groups is 2. The number of hydrogen-bond donors (Lipinski definition) is 2. The quantitative estimate of drug-likeness (QED) is 0.857. The van der Waals surface area contributed by atoms with E-state index < -0.39 is 11.9 Å². The number of aliphatic carboxylic acids is 1. The molecule has 0 radical (unpaired) electrons. The summed E-state index contributed by atoms with van der Waals surface area (Å²) >= 11 is 6.12. The molecule has 0 aliphatic rings. The molecule has 1 unspecified atom stereocenters. The van der Waals surface area contributed by atoms with E-state index in [4.69, 9.17) is 21.4 Å². The number of benzene rings is 2. The van der Waals surface area contributed by atoms with E-state index in [2.05, 4.69) is 5.32 Å². The Morgan fingerprint density at radius 2 is 1.91 bits per heavy atom. The van der Waals surface area contributed by atoms with Gasteiger partial charge in [0, 0.05) is 22.3 Å². The van der Waals surface area contributed by atoms with E-state index in [1.165, 1.54) is 6.92 Å². The fourth-order valence-electron chi connectivity index (χ4n) is 1.91. The summed E-state index contributed by atoms with van der Waals surface area (Å²) < 4.78 is 5.51. The summed E-state index contributed by atoms with van der Waals surface area (Å²) in [5.41, 5.74) is 0. The fourth-order valence-corrected chi connectivity index (χ4v) is 2.14. The van der Waals surface area contributed by atoms with Crippen molar-refractivity contribution in [3.05, 3.63) is 41.4 Å². The lowest BCUT2D eigenvalue weighted by atomic mass is 10.1. The van der Waals surface area contributed by atoms with Gasteiger partial charge in [-0.1, -0.05) is 42.8 Å². The molecule has 0 aliphatic heterocycles. The summed E-state index contributed by atoms with van der Waals surface area (Å²) in [7, 11) is 0. The number of amides is 1. The van der Waals surface area contributed by atoms with Gasteiger partial charge in [-0.05, 0) is 12.1 Å². The van der Waals surface area contributed by atoms with Crippen molar-refractivity contribution in [3.63, 3.8) is 0 Å². The van der Waals surface area contributed by atoms with Crippen molar-refractivity contribution in [1.29, 1.82) is 0 Å². The Hall–Kier alpha value is -2.27. The molecule has 2 aromatic carbocycles. The zero-order valence-corrected chi connectivity index (χ0v) is 12.8. The normalized spacial score (nSPS) is 11.9. The number of carboxylic acids is 1. The molecule has 0 aliphatic carbocycles. The van der Waals surface area contributed by atoms with Crippen molar-refractivity contribution >= 4 is 34.2 Å². The van der Waals surface area contributed by atoms with Gasteiger partial charge in [0.2, 0.25) is 0 Å². The average Bonchev–Trinajstić information content (AvgIpc) is 2.52. The molecule has 0 saturated heterocycles. The zero-order chi connectivity index (χ0) is 16.1. The van der Waals surface area contributed by atoms with Gasteiger partial charge in [-0.15, -0.1) is 0 Å². The Morgan fingerprint density at radius 3 is 2.59 bits per heavy atom. The molecule has 0 heterocycles. The number of ether oxygens (including phenoxy) is 1. The number of fused-ring (bicyclic) bond motifs is 1. The van der Waals surface area contributed by atoms with E-state index in [-0.39, 0.29) is 19.1 Å². The van der Waals surface area contributed by atoms with E-state index in [1.807, 2.05) is 24.3 Å². The Labute approximate surface area is 132 Å². The number of carbonyl (C=O) groups excluding carboxylic acids is 1. The Kier molecular flexibility index (Phi) is 5.22. The molecule has 5 nitrogen and oxygen atoms in total. The first-order valence-corrected chi connectivity index (χ1v) is 7.16. The first kappa shape index (κ1) is 16.1. The molecular formula is C16H16ClNO4. The summed E-state index contributed by atoms with van der Waals surface area (Å²) in [4.78, 5) is 22.4. The molecule has 2 aromatic rings. The lowest BCUT2D eigenvalue weighted by Gasteiger charge is -2.11. The number of halogens is 1. The van der Waals surface area contributed by atoms with Gasteiger partial charge in [-0.25, -0.2) is 0 Å². The Balaban J connectivity index is 1.99. The van der Waals surface area contributed by atoms with E-state index in [1.54, 1.807) is 12.1 Å². The molecule has 1 amide bonds. The summed E-state index contributed by atoms with van der Waals surface area (Å²) in [5, 5.41) is 13.6. The molecule has 0 aromatic heterocycles. The van der Waals surface area contributed by atoms with Crippen LogP contribution < -0.4 is 10.1 Å². The minimum absolute atomic E-state index is 0.0683. The van der Waals surface area contributed by atoms with Crippen LogP contribution in [0.2, 0.25) is 5.02 Å². The second-order valence-corrected chi connectivity index (χ2v) is 5.33. The van der Waals surface area contributed by atoms with Crippen LogP contribution in [0.1, 0.15) is 6.92 Å². The molecular weight excluding hydrogens is 306 g/mol. The third kappa shape index (κ3) is 3.89. The maximum absolute atomic E-state index is 11.7. The van der Waals surface area contributed by atoms with Gasteiger partial charge in [0.1, 0.15) is 5.75 Å². The molecule has 6 heteroatoms. The van der Waals surface area contributed by atoms with Gasteiger partial charge < -0.3 is 15.2 Å². The van der Waals surface area contributed by atoms with Crippen LogP contribution >= 0.6 is 11.6 Å². The second-order valence-electron chi connectivity index (χ2n) is 4.92. The van der Waals surface area contributed by atoms with Crippen LogP contribution in [0.25, 0.3) is 10.8 Å². The van der Waals surface area contributed by atoms with Crippen LogP contribution in [0.15, 0.2) is 36.4 Å². The summed E-state index contributed by atoms with van der Waals surface area (Å²) in [6.45, 7) is 1.41. The van der Waals surface area contributed by atoms with Crippen LogP contribution in [-0.2, 0) is 9.59 Å². The van der Waals surface area contributed by atoms with Gasteiger partial charge in [0.15, 0.2) is 6.61 Å². The largest absolute Gasteiger partial charge is 0.483 e. The first-order chi connectivity index (χ1) is 10.5. The molecule has 116 valence electrons. The maximum Gasteiger partial charge on any atom is 0.308 e. The standard InChI is InChI=1S/C16H16ClNO4/c1-10(16(20)21)8-18-15(19)9-22-14-7-6-13(17)11-4-2-3-5-12(11)14/h2-7,10H,8-9H2,1H3,(H,18,19)(H,20,21). The number of carboxylic acid groups (broad SMARTS) is 1. The van der Waals surface area contributed by atoms with Crippen molar-refractivity contribution in [2.75, 3.05) is 13.2 Å². The van der Waals surface area contributed by atoms with Crippen LogP contribution in [0.5, 0.6) is 5.75 Å². The van der Waals surface area contributed by atoms with Crippen LogP contribution in [0.3, 0.4) is 0 Å². The van der Waals surface area contributed by atoms with Crippen LogP contribution in [0, 0.1) is 5.92 Å². The lowest BCUT2D eigenvalue weighted by Crippen LogP contribution is -2.34. The van der Waals surface area contributed by atoms with E-state index in [0.717, 1.165) is 10.8 Å². The zero-order valence-electron chi connectivity index (χ0n) is 12.0. The average molecular weight is 322 g/mol. The SMILES string of the molecule is CC(CNC(=O)COc1ccc(Cl)c2ccccc12)C(=O)O. The number of nitrogens with one attached hydrogen (secondary N) is 1. The summed E-state index contributed by atoms with van der Waals surface area (Å²) in [5.74, 6) is -1.40. The van der Waals surface area contributed by atoms with E-state index >= 15 is 0 Å². The third-order valence-electron chi connectivity index (χ3n) is 3.22. The first-order valence-electron chi connectivity index (χ1n) is 6.78. The smallest absolute Gasteiger partial charge is 0.308 e. The number of rotatable bonds is 6. The Morgan fingerprint density at radius 1 is 1.23 bits per heavy atom. The van der Waals surface area contributed by atoms with Crippen molar-refractivity contribution in [1.82, 2.24) is 5.32 Å². The minimum Gasteiger partial charge on any atom is -0.483 e. The van der Waals surface area contributed by atoms with Gasteiger partial charge in [0.05, 0.1) is 5.92 Å². The molecule has 0 bridgehead atoms. The predicted octanol–water partition coefficient (Wildman–Crippen LogP) is 2.71. The van der Waals surface area contributed by atoms with Gasteiger partial charge in [-0.2, -0.15) is 0 Å². The highest BCUT2D eigenvalue weighted by molar-refractivity contribution is 6.35. The molecule has 0 saturated carbocycles. The minimum atomic E-state index is -0.954. The molecule has 0 spiro atoms. The topological polar surface area (TPSA) is 75.6 Å². The summed E-state index contributed by atoms with van der Waals surface area (Å²) in [6.07, 6.45) is 0. The van der Waals surface area contributed by atoms with Gasteiger partial charge in [0.25, 0.3) is 5.91 Å². The van der Waals surface area contributed by atoms with Crippen LogP contribution in [0.4, 0.5) is 0 Å². The van der Waals surface area contributed by atoms with E-state index in [9.17, 15) is 9.59 Å².